The maximum atomic E-state index is 11.6. The Morgan fingerprint density at radius 1 is 1.33 bits per heavy atom. The third kappa shape index (κ3) is 6.93. The SMILES string of the molecule is C[C@H](CN1CCOCC1)NCC(=O)NC(C)(C)C. The number of amides is 1. The molecule has 0 radical (unpaired) electrons. The third-order valence-electron chi connectivity index (χ3n) is 2.76. The van der Waals surface area contributed by atoms with Crippen LogP contribution in [0.4, 0.5) is 0 Å². The maximum Gasteiger partial charge on any atom is 0.234 e. The molecular weight excluding hydrogens is 230 g/mol. The molecule has 0 spiro atoms. The van der Waals surface area contributed by atoms with Gasteiger partial charge < -0.3 is 15.4 Å². The number of hydrogen-bond donors (Lipinski definition) is 2. The Kier molecular flexibility index (Phi) is 6.05. The van der Waals surface area contributed by atoms with E-state index in [-0.39, 0.29) is 11.4 Å². The van der Waals surface area contributed by atoms with Crippen molar-refractivity contribution in [1.82, 2.24) is 15.5 Å². The largest absolute Gasteiger partial charge is 0.379 e. The minimum atomic E-state index is -0.161. The van der Waals surface area contributed by atoms with Crippen molar-refractivity contribution < 1.29 is 9.53 Å². The monoisotopic (exact) mass is 257 g/mol. The van der Waals surface area contributed by atoms with Crippen molar-refractivity contribution in [3.63, 3.8) is 0 Å². The molecule has 1 aliphatic heterocycles. The Morgan fingerprint density at radius 3 is 2.50 bits per heavy atom. The van der Waals surface area contributed by atoms with Gasteiger partial charge >= 0.3 is 0 Å². The smallest absolute Gasteiger partial charge is 0.234 e. The summed E-state index contributed by atoms with van der Waals surface area (Å²) in [5.74, 6) is 0.0522. The molecule has 1 rings (SSSR count). The fourth-order valence-corrected chi connectivity index (χ4v) is 1.96. The first-order valence-corrected chi connectivity index (χ1v) is 6.71. The van der Waals surface area contributed by atoms with Crippen molar-refractivity contribution in [2.45, 2.75) is 39.3 Å². The number of morpholine rings is 1. The molecule has 18 heavy (non-hydrogen) atoms. The van der Waals surface area contributed by atoms with Gasteiger partial charge in [0.05, 0.1) is 19.8 Å². The molecule has 0 saturated carbocycles. The molecular formula is C13H27N3O2. The van der Waals surface area contributed by atoms with Crippen LogP contribution in [0.1, 0.15) is 27.7 Å². The third-order valence-corrected chi connectivity index (χ3v) is 2.76. The quantitative estimate of drug-likeness (QED) is 0.739. The normalized spacial score (nSPS) is 19.6. The summed E-state index contributed by atoms with van der Waals surface area (Å²) < 4.78 is 5.31. The van der Waals surface area contributed by atoms with E-state index in [9.17, 15) is 4.79 Å². The summed E-state index contributed by atoms with van der Waals surface area (Å²) in [6, 6.07) is 0.314. The summed E-state index contributed by atoms with van der Waals surface area (Å²) in [7, 11) is 0. The van der Waals surface area contributed by atoms with Crippen molar-refractivity contribution in [3.05, 3.63) is 0 Å². The summed E-state index contributed by atoms with van der Waals surface area (Å²) in [5, 5.41) is 6.20. The van der Waals surface area contributed by atoms with Gasteiger partial charge in [-0.1, -0.05) is 0 Å². The van der Waals surface area contributed by atoms with E-state index in [0.29, 0.717) is 12.6 Å². The predicted molar refractivity (Wildman–Crippen MR) is 72.6 cm³/mol. The van der Waals surface area contributed by atoms with Crippen molar-refractivity contribution in [2.24, 2.45) is 0 Å². The molecule has 0 unspecified atom stereocenters. The number of nitrogens with one attached hydrogen (secondary N) is 2. The molecule has 0 aromatic rings. The van der Waals surface area contributed by atoms with Gasteiger partial charge in [0.15, 0.2) is 0 Å². The Morgan fingerprint density at radius 2 is 1.94 bits per heavy atom. The molecule has 0 aromatic carbocycles. The van der Waals surface area contributed by atoms with E-state index >= 15 is 0 Å². The second-order valence-electron chi connectivity index (χ2n) is 5.99. The van der Waals surface area contributed by atoms with Crippen molar-refractivity contribution in [1.29, 1.82) is 0 Å². The number of carbonyl (C=O) groups excluding carboxylic acids is 1. The molecule has 1 amide bonds. The molecule has 1 saturated heterocycles. The number of ether oxygens (including phenoxy) is 1. The minimum Gasteiger partial charge on any atom is -0.379 e. The van der Waals surface area contributed by atoms with Gasteiger partial charge in [-0.3, -0.25) is 9.69 Å². The number of hydrogen-bond acceptors (Lipinski definition) is 4. The van der Waals surface area contributed by atoms with Gasteiger partial charge in [0.2, 0.25) is 5.91 Å². The van der Waals surface area contributed by atoms with Gasteiger partial charge in [-0.2, -0.15) is 0 Å². The second kappa shape index (κ2) is 7.07. The summed E-state index contributed by atoms with van der Waals surface area (Å²) in [6.45, 7) is 13.0. The lowest BCUT2D eigenvalue weighted by molar-refractivity contribution is -0.121. The molecule has 5 heteroatoms. The fraction of sp³-hybridized carbons (Fsp3) is 0.923. The summed E-state index contributed by atoms with van der Waals surface area (Å²) in [5.41, 5.74) is -0.161. The lowest BCUT2D eigenvalue weighted by Crippen LogP contribution is -2.49. The average Bonchev–Trinajstić information content (AvgIpc) is 2.25. The highest BCUT2D eigenvalue weighted by Crippen LogP contribution is 1.99. The van der Waals surface area contributed by atoms with E-state index in [1.807, 2.05) is 20.8 Å². The van der Waals surface area contributed by atoms with Crippen LogP contribution in [0.2, 0.25) is 0 Å². The average molecular weight is 257 g/mol. The Balaban J connectivity index is 2.16. The molecule has 5 nitrogen and oxygen atoms in total. The molecule has 0 aliphatic carbocycles. The van der Waals surface area contributed by atoms with Crippen LogP contribution in [0, 0.1) is 0 Å². The molecule has 2 N–H and O–H groups in total. The molecule has 1 atom stereocenters. The molecule has 0 aromatic heterocycles. The molecule has 1 heterocycles. The second-order valence-corrected chi connectivity index (χ2v) is 5.99. The highest BCUT2D eigenvalue weighted by molar-refractivity contribution is 5.78. The number of nitrogens with zero attached hydrogens (tertiary/aromatic N) is 1. The molecule has 1 fully saturated rings. The van der Waals surface area contributed by atoms with Crippen molar-refractivity contribution >= 4 is 5.91 Å². The van der Waals surface area contributed by atoms with Gasteiger partial charge in [0, 0.05) is 31.2 Å². The van der Waals surface area contributed by atoms with Crippen LogP contribution in [0.5, 0.6) is 0 Å². The highest BCUT2D eigenvalue weighted by atomic mass is 16.5. The van der Waals surface area contributed by atoms with Gasteiger partial charge in [-0.25, -0.2) is 0 Å². The van der Waals surface area contributed by atoms with E-state index in [1.54, 1.807) is 0 Å². The molecule has 1 aliphatic rings. The zero-order chi connectivity index (χ0) is 13.6. The number of rotatable bonds is 5. The summed E-state index contributed by atoms with van der Waals surface area (Å²) in [6.07, 6.45) is 0. The van der Waals surface area contributed by atoms with Crippen LogP contribution in [0.15, 0.2) is 0 Å². The van der Waals surface area contributed by atoms with Gasteiger partial charge in [0.25, 0.3) is 0 Å². The maximum absolute atomic E-state index is 11.6. The van der Waals surface area contributed by atoms with E-state index in [0.717, 1.165) is 32.8 Å². The van der Waals surface area contributed by atoms with E-state index in [4.69, 9.17) is 4.74 Å². The van der Waals surface area contributed by atoms with E-state index in [1.165, 1.54) is 0 Å². The Bertz CT molecular complexity index is 257. The lowest BCUT2D eigenvalue weighted by Gasteiger charge is -2.29. The zero-order valence-electron chi connectivity index (χ0n) is 12.1. The van der Waals surface area contributed by atoms with Crippen molar-refractivity contribution in [3.8, 4) is 0 Å². The topological polar surface area (TPSA) is 53.6 Å². The van der Waals surface area contributed by atoms with Gasteiger partial charge in [-0.05, 0) is 27.7 Å². The summed E-state index contributed by atoms with van der Waals surface area (Å²) in [4.78, 5) is 14.0. The lowest BCUT2D eigenvalue weighted by atomic mass is 10.1. The summed E-state index contributed by atoms with van der Waals surface area (Å²) >= 11 is 0. The van der Waals surface area contributed by atoms with Crippen molar-refractivity contribution in [2.75, 3.05) is 39.4 Å². The Labute approximate surface area is 110 Å². The van der Waals surface area contributed by atoms with E-state index in [2.05, 4.69) is 22.5 Å². The molecule has 106 valence electrons. The Hall–Kier alpha value is -0.650. The first-order valence-electron chi connectivity index (χ1n) is 6.71. The van der Waals surface area contributed by atoms with Crippen LogP contribution in [0.25, 0.3) is 0 Å². The minimum absolute atomic E-state index is 0.0522. The zero-order valence-corrected chi connectivity index (χ0v) is 12.1. The van der Waals surface area contributed by atoms with Crippen LogP contribution in [0.3, 0.4) is 0 Å². The van der Waals surface area contributed by atoms with Gasteiger partial charge in [-0.15, -0.1) is 0 Å². The van der Waals surface area contributed by atoms with Crippen LogP contribution in [-0.2, 0) is 9.53 Å². The van der Waals surface area contributed by atoms with E-state index < -0.39 is 0 Å². The highest BCUT2D eigenvalue weighted by Gasteiger charge is 2.16. The first kappa shape index (κ1) is 15.4. The molecule has 0 bridgehead atoms. The number of carbonyl (C=O) groups is 1. The standard InChI is InChI=1S/C13H27N3O2/c1-11(10-16-5-7-18-8-6-16)14-9-12(17)15-13(2,3)4/h11,14H,5-10H2,1-4H3,(H,15,17)/t11-/m1/s1. The van der Waals surface area contributed by atoms with Crippen LogP contribution >= 0.6 is 0 Å². The predicted octanol–water partition coefficient (Wildman–Crippen LogP) is 0.211. The van der Waals surface area contributed by atoms with Crippen LogP contribution in [-0.4, -0.2) is 61.8 Å². The van der Waals surface area contributed by atoms with Crippen LogP contribution < -0.4 is 10.6 Å². The van der Waals surface area contributed by atoms with Gasteiger partial charge in [0.1, 0.15) is 0 Å². The first-order chi connectivity index (χ1) is 8.37. The fourth-order valence-electron chi connectivity index (χ4n) is 1.96.